The van der Waals surface area contributed by atoms with Crippen molar-refractivity contribution < 1.29 is 12.8 Å². The number of alkyl halides is 2. The van der Waals surface area contributed by atoms with E-state index in [0.29, 0.717) is 12.1 Å². The first-order valence-electron chi connectivity index (χ1n) is 9.23. The number of nitrogens with zero attached hydrogens (tertiary/aromatic N) is 2. The molecule has 30 heavy (non-hydrogen) atoms. The van der Waals surface area contributed by atoms with E-state index in [-0.39, 0.29) is 34.1 Å². The van der Waals surface area contributed by atoms with Crippen LogP contribution in [-0.2, 0) is 10.0 Å². The maximum atomic E-state index is 14.8. The van der Waals surface area contributed by atoms with Crippen molar-refractivity contribution in [3.63, 3.8) is 0 Å². The molecular weight excluding hydrogens is 494 g/mol. The van der Waals surface area contributed by atoms with Crippen LogP contribution in [-0.4, -0.2) is 48.8 Å². The number of benzene rings is 1. The highest BCUT2D eigenvalue weighted by molar-refractivity contribution is 7.93. The Morgan fingerprint density at radius 1 is 1.27 bits per heavy atom. The summed E-state index contributed by atoms with van der Waals surface area (Å²) in [6.07, 6.45) is 2.97. The molecule has 2 saturated carbocycles. The summed E-state index contributed by atoms with van der Waals surface area (Å²) in [4.78, 5) is 5.40. The Morgan fingerprint density at radius 3 is 2.60 bits per heavy atom. The zero-order valence-corrected chi connectivity index (χ0v) is 20.0. The molecule has 2 aliphatic rings. The van der Waals surface area contributed by atoms with Crippen LogP contribution in [0.4, 0.5) is 15.2 Å². The Labute approximate surface area is 193 Å². The number of aromatic nitrogens is 1. The maximum absolute atomic E-state index is 14.8. The van der Waals surface area contributed by atoms with Crippen molar-refractivity contribution in [1.29, 1.82) is 0 Å². The smallest absolute Gasteiger partial charge is 0.266 e. The number of anilines is 2. The summed E-state index contributed by atoms with van der Waals surface area (Å²) in [5, 5.41) is 5.15. The zero-order valence-electron chi connectivity index (χ0n) is 16.1. The quantitative estimate of drug-likeness (QED) is 0.550. The zero-order chi connectivity index (χ0) is 21.8. The number of hydrogen-bond acceptors (Lipinski definition) is 6. The molecule has 0 aliphatic heterocycles. The van der Waals surface area contributed by atoms with E-state index in [1.807, 2.05) is 14.1 Å². The first kappa shape index (κ1) is 22.4. The summed E-state index contributed by atoms with van der Waals surface area (Å²) in [6, 6.07) is 2.28. The van der Waals surface area contributed by atoms with Crippen LogP contribution in [0.15, 0.2) is 28.6 Å². The van der Waals surface area contributed by atoms with Crippen molar-refractivity contribution in [3.05, 3.63) is 34.5 Å². The van der Waals surface area contributed by atoms with Crippen LogP contribution < -0.4 is 10.0 Å². The number of hydrogen-bond donors (Lipinski definition) is 2. The number of likely N-dealkylation sites (N-methyl/N-ethyl adjacent to an activating group) is 1. The molecule has 4 rings (SSSR count). The molecule has 1 aromatic heterocycles. The minimum Gasteiger partial charge on any atom is -0.379 e. The van der Waals surface area contributed by atoms with Crippen molar-refractivity contribution in [3.8, 4) is 0 Å². The Morgan fingerprint density at radius 2 is 1.97 bits per heavy atom. The van der Waals surface area contributed by atoms with Crippen molar-refractivity contribution >= 4 is 67.0 Å². The molecule has 0 amide bonds. The molecule has 2 aromatic rings. The van der Waals surface area contributed by atoms with E-state index < -0.39 is 25.1 Å². The topological polar surface area (TPSA) is 74.3 Å². The summed E-state index contributed by atoms with van der Waals surface area (Å²) in [6.45, 7) is 0. The summed E-state index contributed by atoms with van der Waals surface area (Å²) in [7, 11) is -0.227. The number of sulfonamides is 1. The van der Waals surface area contributed by atoms with Crippen molar-refractivity contribution in [1.82, 2.24) is 9.88 Å². The molecule has 0 saturated heterocycles. The predicted octanol–water partition coefficient (Wildman–Crippen LogP) is 4.66. The van der Waals surface area contributed by atoms with Crippen molar-refractivity contribution in [2.75, 3.05) is 24.1 Å². The van der Waals surface area contributed by atoms with Gasteiger partial charge in [0.05, 0.1) is 10.7 Å². The van der Waals surface area contributed by atoms with Gasteiger partial charge in [-0.25, -0.2) is 17.8 Å². The molecule has 0 spiro atoms. The number of halogens is 4. The average Bonchev–Trinajstić information content (AvgIpc) is 2.97. The highest BCUT2D eigenvalue weighted by Gasteiger charge is 2.66. The third kappa shape index (κ3) is 4.12. The van der Waals surface area contributed by atoms with Gasteiger partial charge >= 0.3 is 0 Å². The van der Waals surface area contributed by atoms with Crippen molar-refractivity contribution in [2.24, 2.45) is 11.8 Å². The van der Waals surface area contributed by atoms with Gasteiger partial charge in [-0.2, -0.15) is 0 Å². The molecule has 1 heterocycles. The lowest BCUT2D eigenvalue weighted by Crippen LogP contribution is -2.46. The Hall–Kier alpha value is -0.840. The largest absolute Gasteiger partial charge is 0.379 e. The summed E-state index contributed by atoms with van der Waals surface area (Å²) >= 11 is 20.2. The lowest BCUT2D eigenvalue weighted by Gasteiger charge is -2.36. The van der Waals surface area contributed by atoms with Gasteiger partial charge in [-0.05, 0) is 50.9 Å². The molecular formula is C18H20Cl3FN4O2S2. The number of fused-ring (bicyclic) bond motifs is 1. The SMILES string of the molecule is CN(C)[C@H]1C[C@H]2C(C[C@@H]1Nc1cc(F)c(S(=O)(=O)Nc3nccs3)cc1Cl)C2(Cl)Cl. The van der Waals surface area contributed by atoms with Gasteiger partial charge in [-0.15, -0.1) is 34.5 Å². The minimum atomic E-state index is -4.16. The summed E-state index contributed by atoms with van der Waals surface area (Å²) in [5.74, 6) is -0.500. The second-order valence-electron chi connectivity index (χ2n) is 7.85. The molecule has 0 radical (unpaired) electrons. The van der Waals surface area contributed by atoms with E-state index in [0.717, 1.165) is 29.9 Å². The standard InChI is InChI=1S/C18H20Cl3FN4O2S2/c1-26(2)15-6-10-9(18(10,20)21)5-14(15)24-13-8-12(22)16(7-11(13)19)30(27,28)25-17-23-3-4-29-17/h3-4,7-10,14-15,24H,5-6H2,1-2H3,(H,23,25)/t9?,10-,14-,15-/m0/s1. The Balaban J connectivity index is 1.57. The number of thiazole rings is 1. The van der Waals surface area contributed by atoms with Gasteiger partial charge in [-0.1, -0.05) is 11.6 Å². The van der Waals surface area contributed by atoms with Gasteiger partial charge in [0.15, 0.2) is 5.13 Å². The molecule has 2 aliphatic carbocycles. The number of nitrogens with one attached hydrogen (secondary N) is 2. The molecule has 0 bridgehead atoms. The second-order valence-corrected chi connectivity index (χ2v) is 12.2. The molecule has 2 fully saturated rings. The second kappa shape index (κ2) is 7.94. The fourth-order valence-electron chi connectivity index (χ4n) is 4.17. The van der Waals surface area contributed by atoms with Gasteiger partial charge < -0.3 is 10.2 Å². The molecule has 6 nitrogen and oxygen atoms in total. The fraction of sp³-hybridized carbons (Fsp3) is 0.500. The van der Waals surface area contributed by atoms with Crippen LogP contribution in [0.2, 0.25) is 5.02 Å². The van der Waals surface area contributed by atoms with Crippen LogP contribution in [0.5, 0.6) is 0 Å². The van der Waals surface area contributed by atoms with Gasteiger partial charge in [0.1, 0.15) is 15.0 Å². The summed E-state index contributed by atoms with van der Waals surface area (Å²) in [5.41, 5.74) is 0.327. The first-order chi connectivity index (χ1) is 14.0. The summed E-state index contributed by atoms with van der Waals surface area (Å²) < 4.78 is 41.4. The van der Waals surface area contributed by atoms with E-state index in [1.54, 1.807) is 5.38 Å². The van der Waals surface area contributed by atoms with E-state index >= 15 is 0 Å². The fourth-order valence-corrected chi connectivity index (χ4v) is 7.17. The lowest BCUT2D eigenvalue weighted by molar-refractivity contribution is 0.204. The monoisotopic (exact) mass is 512 g/mol. The van der Waals surface area contributed by atoms with Crippen LogP contribution in [0.1, 0.15) is 12.8 Å². The first-order valence-corrected chi connectivity index (χ1v) is 12.7. The minimum absolute atomic E-state index is 0.0616. The Kier molecular flexibility index (Phi) is 5.91. The molecule has 4 atom stereocenters. The number of rotatable bonds is 6. The highest BCUT2D eigenvalue weighted by Crippen LogP contribution is 2.65. The average molecular weight is 514 g/mol. The Bertz CT molecular complexity index is 1050. The van der Waals surface area contributed by atoms with Gasteiger partial charge in [-0.3, -0.25) is 4.72 Å². The predicted molar refractivity (Wildman–Crippen MR) is 120 cm³/mol. The van der Waals surface area contributed by atoms with Gasteiger partial charge in [0, 0.05) is 23.7 Å². The van der Waals surface area contributed by atoms with Gasteiger partial charge in [0.25, 0.3) is 10.0 Å². The van der Waals surface area contributed by atoms with Gasteiger partial charge in [0.2, 0.25) is 0 Å². The maximum Gasteiger partial charge on any atom is 0.266 e. The highest BCUT2D eigenvalue weighted by atomic mass is 35.5. The molecule has 164 valence electrons. The van der Waals surface area contributed by atoms with E-state index in [9.17, 15) is 12.8 Å². The molecule has 1 aromatic carbocycles. The van der Waals surface area contributed by atoms with Crippen molar-refractivity contribution in [2.45, 2.75) is 34.2 Å². The van der Waals surface area contributed by atoms with Crippen LogP contribution in [0.3, 0.4) is 0 Å². The third-order valence-electron chi connectivity index (χ3n) is 5.80. The third-order valence-corrected chi connectivity index (χ3v) is 9.41. The van der Waals surface area contributed by atoms with E-state index in [2.05, 4.69) is 19.9 Å². The van der Waals surface area contributed by atoms with Crippen LogP contribution in [0.25, 0.3) is 0 Å². The van der Waals surface area contributed by atoms with Crippen LogP contribution in [0, 0.1) is 17.7 Å². The normalized spacial score (nSPS) is 27.6. The molecule has 1 unspecified atom stereocenters. The van der Waals surface area contributed by atoms with Crippen LogP contribution >= 0.6 is 46.1 Å². The lowest BCUT2D eigenvalue weighted by atomic mass is 9.89. The molecule has 2 N–H and O–H groups in total. The van der Waals surface area contributed by atoms with E-state index in [4.69, 9.17) is 34.8 Å². The molecule has 12 heteroatoms. The van der Waals surface area contributed by atoms with E-state index in [1.165, 1.54) is 6.20 Å².